The van der Waals surface area contributed by atoms with E-state index >= 15 is 0 Å². The number of halogens is 2. The maximum Gasteiger partial charge on any atom is 0.0965 e. The Morgan fingerprint density at radius 2 is 0.442 bits per heavy atom. The minimum atomic E-state index is 0.848. The lowest BCUT2D eigenvalue weighted by Gasteiger charge is -2.25. The van der Waals surface area contributed by atoms with Crippen molar-refractivity contribution in [2.45, 2.75) is 0 Å². The first-order valence-electron chi connectivity index (χ1n) is 25.1. The average Bonchev–Trinajstić information content (AvgIpc) is 3.51. The molecule has 372 valence electrons. The van der Waals surface area contributed by atoms with Crippen molar-refractivity contribution in [3.05, 3.63) is 313 Å². The lowest BCUT2D eigenvalue weighted by Crippen LogP contribution is -2.09. The van der Waals surface area contributed by atoms with Gasteiger partial charge in [-0.2, -0.15) is 0 Å². The maximum absolute atomic E-state index is 4.78. The zero-order chi connectivity index (χ0) is 52.4. The van der Waals surface area contributed by atoms with Gasteiger partial charge in [0.05, 0.1) is 22.8 Å². The van der Waals surface area contributed by atoms with Crippen molar-refractivity contribution < 1.29 is 0 Å². The van der Waals surface area contributed by atoms with E-state index < -0.39 is 0 Å². The summed E-state index contributed by atoms with van der Waals surface area (Å²) >= 11 is 6.90. The second kappa shape index (κ2) is 25.8. The van der Waals surface area contributed by atoms with Gasteiger partial charge in [0.15, 0.2) is 0 Å². The molecule has 0 aliphatic heterocycles. The molecular formula is C68H51Br2N7. The van der Waals surface area contributed by atoms with E-state index in [9.17, 15) is 0 Å². The number of para-hydroxylation sites is 6. The lowest BCUT2D eigenvalue weighted by atomic mass is 10.0. The number of anilines is 8. The molecule has 0 radical (unpaired) electrons. The Balaban J connectivity index is 0.000000166. The Morgan fingerprint density at radius 1 is 0.234 bits per heavy atom. The van der Waals surface area contributed by atoms with Crippen LogP contribution in [0.1, 0.15) is 0 Å². The molecule has 77 heavy (non-hydrogen) atoms. The highest BCUT2D eigenvalue weighted by Gasteiger charge is 2.17. The van der Waals surface area contributed by atoms with Gasteiger partial charge in [-0.05, 0) is 121 Å². The van der Waals surface area contributed by atoms with E-state index in [1.807, 2.05) is 133 Å². The van der Waals surface area contributed by atoms with Gasteiger partial charge in [-0.15, -0.1) is 0 Å². The monoisotopic (exact) mass is 1120 g/mol. The molecule has 2 heterocycles. The van der Waals surface area contributed by atoms with E-state index in [1.165, 1.54) is 0 Å². The van der Waals surface area contributed by atoms with Gasteiger partial charge in [-0.25, -0.2) is 0 Å². The van der Waals surface area contributed by atoms with Crippen LogP contribution >= 0.6 is 31.9 Å². The van der Waals surface area contributed by atoms with Crippen LogP contribution in [0.2, 0.25) is 0 Å². The standard InChI is InChI=1S/C40H30N4.C16H10Br2N2.C12H11N/c1-5-13-33(14-6-1)43(34-15-7-2-8-16-34)37-25-21-31(22-26-37)39-40(42-30-29-41-39)32-23-27-38(28-24-32)44(35-17-9-3-10-18-35)36-19-11-4-12-20-36;17-13-5-1-11(2-6-13)15-16(20-10-9-19-15)12-3-7-14(18)8-4-12;1-3-7-11(8-4-1)13-12-9-5-2-6-10-12/h1-30H;1-10H;1-10,13H. The first-order valence-corrected chi connectivity index (χ1v) is 26.6. The normalized spacial score (nSPS) is 10.5. The highest BCUT2D eigenvalue weighted by molar-refractivity contribution is 9.10. The molecule has 1 N–H and O–H groups in total. The molecule has 10 aromatic carbocycles. The number of aromatic nitrogens is 4. The minimum absolute atomic E-state index is 0.848. The zero-order valence-electron chi connectivity index (χ0n) is 41.8. The van der Waals surface area contributed by atoms with E-state index in [0.717, 1.165) is 99.5 Å². The third-order valence-corrected chi connectivity index (χ3v) is 13.4. The van der Waals surface area contributed by atoms with Crippen LogP contribution in [0.4, 0.5) is 45.5 Å². The molecule has 9 heteroatoms. The number of hydrogen-bond donors (Lipinski definition) is 1. The molecule has 0 atom stereocenters. The van der Waals surface area contributed by atoms with Gasteiger partial charge in [0, 0.05) is 101 Å². The smallest absolute Gasteiger partial charge is 0.0965 e. The fourth-order valence-corrected chi connectivity index (χ4v) is 9.21. The molecule has 0 amide bonds. The molecule has 0 bridgehead atoms. The number of hydrogen-bond acceptors (Lipinski definition) is 7. The molecule has 0 spiro atoms. The fraction of sp³-hybridized carbons (Fsp3) is 0. The predicted octanol–water partition coefficient (Wildman–Crippen LogP) is 19.5. The van der Waals surface area contributed by atoms with Crippen molar-refractivity contribution in [1.29, 1.82) is 0 Å². The number of nitrogens with one attached hydrogen (secondary N) is 1. The maximum atomic E-state index is 4.78. The summed E-state index contributed by atoms with van der Waals surface area (Å²) in [7, 11) is 0. The molecule has 12 rings (SSSR count). The fourth-order valence-electron chi connectivity index (χ4n) is 8.69. The van der Waals surface area contributed by atoms with E-state index in [4.69, 9.17) is 9.97 Å². The lowest BCUT2D eigenvalue weighted by molar-refractivity contribution is 1.21. The predicted molar refractivity (Wildman–Crippen MR) is 327 cm³/mol. The Morgan fingerprint density at radius 3 is 0.688 bits per heavy atom. The van der Waals surface area contributed by atoms with E-state index in [0.29, 0.717) is 0 Å². The summed E-state index contributed by atoms with van der Waals surface area (Å²) in [6, 6.07) is 95.3. The first kappa shape index (κ1) is 51.2. The number of rotatable bonds is 12. The van der Waals surface area contributed by atoms with Crippen LogP contribution in [-0.4, -0.2) is 19.9 Å². The number of benzene rings is 10. The summed E-state index contributed by atoms with van der Waals surface area (Å²) < 4.78 is 2.10. The largest absolute Gasteiger partial charge is 0.356 e. The highest BCUT2D eigenvalue weighted by atomic mass is 79.9. The molecule has 0 aliphatic rings. The summed E-state index contributed by atoms with van der Waals surface area (Å²) in [4.78, 5) is 23.1. The second-order valence-corrected chi connectivity index (χ2v) is 19.3. The molecule has 0 saturated heterocycles. The molecule has 2 aromatic heterocycles. The van der Waals surface area contributed by atoms with Crippen LogP contribution in [0.3, 0.4) is 0 Å². The Hall–Kier alpha value is -9.28. The van der Waals surface area contributed by atoms with E-state index in [2.05, 4.69) is 203 Å². The highest BCUT2D eigenvalue weighted by Crippen LogP contribution is 2.39. The van der Waals surface area contributed by atoms with Crippen molar-refractivity contribution in [3.8, 4) is 45.0 Å². The number of nitrogens with zero attached hydrogens (tertiary/aromatic N) is 6. The van der Waals surface area contributed by atoms with Gasteiger partial charge in [0.25, 0.3) is 0 Å². The first-order chi connectivity index (χ1) is 38.0. The molecule has 7 nitrogen and oxygen atoms in total. The van der Waals surface area contributed by atoms with Crippen molar-refractivity contribution in [2.75, 3.05) is 15.1 Å². The summed E-state index contributed by atoms with van der Waals surface area (Å²) in [5.41, 5.74) is 16.4. The summed E-state index contributed by atoms with van der Waals surface area (Å²) in [5.74, 6) is 0. The van der Waals surface area contributed by atoms with Crippen molar-refractivity contribution in [1.82, 2.24) is 19.9 Å². The van der Waals surface area contributed by atoms with Gasteiger partial charge in [-0.3, -0.25) is 19.9 Å². The van der Waals surface area contributed by atoms with Crippen molar-refractivity contribution in [2.24, 2.45) is 0 Å². The second-order valence-electron chi connectivity index (χ2n) is 17.5. The van der Waals surface area contributed by atoms with Crippen LogP contribution in [-0.2, 0) is 0 Å². The summed E-state index contributed by atoms with van der Waals surface area (Å²) in [6.07, 6.45) is 6.96. The van der Waals surface area contributed by atoms with Gasteiger partial charge in [0.2, 0.25) is 0 Å². The van der Waals surface area contributed by atoms with Crippen molar-refractivity contribution in [3.63, 3.8) is 0 Å². The average molecular weight is 1130 g/mol. The molecule has 0 aliphatic carbocycles. The van der Waals surface area contributed by atoms with E-state index in [1.54, 1.807) is 24.8 Å². The minimum Gasteiger partial charge on any atom is -0.356 e. The van der Waals surface area contributed by atoms with Gasteiger partial charge >= 0.3 is 0 Å². The molecule has 0 unspecified atom stereocenters. The summed E-state index contributed by atoms with van der Waals surface area (Å²) in [6.45, 7) is 0. The van der Waals surface area contributed by atoms with Crippen LogP contribution in [0.25, 0.3) is 45.0 Å². The molecule has 0 fully saturated rings. The van der Waals surface area contributed by atoms with E-state index in [-0.39, 0.29) is 0 Å². The zero-order valence-corrected chi connectivity index (χ0v) is 45.0. The SMILES string of the molecule is Brc1ccc(-c2nccnc2-c2ccc(Br)cc2)cc1.c1ccc(N(c2ccccc2)c2ccc(-c3nccnc3-c3ccc(N(c4ccccc4)c4ccccc4)cc3)cc2)cc1.c1ccc(Nc2ccccc2)cc1. The molecular weight excluding hydrogens is 1070 g/mol. The van der Waals surface area contributed by atoms with Gasteiger partial charge in [0.1, 0.15) is 0 Å². The quantitative estimate of drug-likeness (QED) is 0.131. The topological polar surface area (TPSA) is 70.1 Å². The van der Waals surface area contributed by atoms with Crippen LogP contribution < -0.4 is 15.1 Å². The third kappa shape index (κ3) is 13.3. The molecule has 0 saturated carbocycles. The van der Waals surface area contributed by atoms with Crippen LogP contribution in [0.15, 0.2) is 313 Å². The van der Waals surface area contributed by atoms with Crippen molar-refractivity contribution >= 4 is 77.4 Å². The molecule has 12 aromatic rings. The van der Waals surface area contributed by atoms with Crippen LogP contribution in [0, 0.1) is 0 Å². The Labute approximate surface area is 467 Å². The summed E-state index contributed by atoms with van der Waals surface area (Å²) in [5, 5.41) is 3.30. The Bertz CT molecular complexity index is 3370. The van der Waals surface area contributed by atoms with Gasteiger partial charge < -0.3 is 15.1 Å². The van der Waals surface area contributed by atoms with Crippen LogP contribution in [0.5, 0.6) is 0 Å². The third-order valence-electron chi connectivity index (χ3n) is 12.3. The Kier molecular flexibility index (Phi) is 17.1. The van der Waals surface area contributed by atoms with Gasteiger partial charge in [-0.1, -0.05) is 190 Å².